The number of ether oxygens (including phenoxy) is 1. The van der Waals surface area contributed by atoms with E-state index in [1.54, 1.807) is 12.1 Å². The summed E-state index contributed by atoms with van der Waals surface area (Å²) in [7, 11) is 0. The number of esters is 1. The first-order valence-electron chi connectivity index (χ1n) is 8.07. The van der Waals surface area contributed by atoms with Crippen molar-refractivity contribution >= 4 is 11.7 Å². The molecule has 0 amide bonds. The molecule has 2 aliphatic heterocycles. The summed E-state index contributed by atoms with van der Waals surface area (Å²) in [4.78, 5) is 16.6. The zero-order chi connectivity index (χ0) is 17.1. The first-order chi connectivity index (χ1) is 11.4. The highest BCUT2D eigenvalue weighted by Crippen LogP contribution is 2.40. The van der Waals surface area contributed by atoms with Gasteiger partial charge in [-0.25, -0.2) is 9.18 Å². The summed E-state index contributed by atoms with van der Waals surface area (Å²) in [5.74, 6) is -0.500. The number of aliphatic imine (C=N–C) groups is 1. The van der Waals surface area contributed by atoms with E-state index in [1.807, 2.05) is 39.0 Å². The van der Waals surface area contributed by atoms with E-state index in [-0.39, 0.29) is 24.3 Å². The smallest absolute Gasteiger partial charge is 0.338 e. The minimum Gasteiger partial charge on any atom is -0.457 e. The fraction of sp³-hybridized carbons (Fsp3) is 0.300. The Hall–Kier alpha value is -2.49. The molecule has 3 nitrogen and oxygen atoms in total. The normalized spacial score (nSPS) is 20.9. The van der Waals surface area contributed by atoms with Crippen molar-refractivity contribution in [1.29, 1.82) is 0 Å². The molecule has 4 rings (SSSR count). The minimum atomic E-state index is -0.407. The van der Waals surface area contributed by atoms with E-state index in [2.05, 4.69) is 0 Å². The molecule has 2 aromatic carbocycles. The molecule has 4 heteroatoms. The number of cyclic esters (lactones) is 1. The van der Waals surface area contributed by atoms with Crippen molar-refractivity contribution in [2.24, 2.45) is 4.99 Å². The lowest BCUT2D eigenvalue weighted by atomic mass is 9.76. The maximum Gasteiger partial charge on any atom is 0.338 e. The van der Waals surface area contributed by atoms with E-state index in [0.717, 1.165) is 22.4 Å². The van der Waals surface area contributed by atoms with Gasteiger partial charge in [-0.3, -0.25) is 4.99 Å². The van der Waals surface area contributed by atoms with Crippen LogP contribution >= 0.6 is 0 Å². The minimum absolute atomic E-state index is 0.0169. The summed E-state index contributed by atoms with van der Waals surface area (Å²) >= 11 is 0. The van der Waals surface area contributed by atoms with Crippen molar-refractivity contribution in [2.45, 2.75) is 38.8 Å². The standard InChI is InChI=1S/C20H18FNO2/c1-11-17-15(5-4-6-16(17)21)18(22-20(11,2)3)12-7-8-14-13(9-12)10-24-19(14)23/h4-9,11H,10H2,1-3H3. The van der Waals surface area contributed by atoms with Crippen LogP contribution in [0.2, 0.25) is 0 Å². The van der Waals surface area contributed by atoms with Gasteiger partial charge in [-0.2, -0.15) is 0 Å². The van der Waals surface area contributed by atoms with Crippen molar-refractivity contribution < 1.29 is 13.9 Å². The van der Waals surface area contributed by atoms with Crippen LogP contribution in [-0.2, 0) is 11.3 Å². The molecule has 1 unspecified atom stereocenters. The zero-order valence-electron chi connectivity index (χ0n) is 13.9. The number of rotatable bonds is 1. The van der Waals surface area contributed by atoms with E-state index < -0.39 is 5.54 Å². The van der Waals surface area contributed by atoms with Gasteiger partial charge in [0.1, 0.15) is 12.4 Å². The number of hydrogen-bond donors (Lipinski definition) is 0. The van der Waals surface area contributed by atoms with Crippen molar-refractivity contribution in [3.63, 3.8) is 0 Å². The van der Waals surface area contributed by atoms with Gasteiger partial charge < -0.3 is 4.74 Å². The van der Waals surface area contributed by atoms with Crippen LogP contribution in [0.3, 0.4) is 0 Å². The highest BCUT2D eigenvalue weighted by Gasteiger charge is 2.36. The van der Waals surface area contributed by atoms with E-state index in [0.29, 0.717) is 11.1 Å². The van der Waals surface area contributed by atoms with E-state index in [1.165, 1.54) is 6.07 Å². The summed E-state index contributed by atoms with van der Waals surface area (Å²) < 4.78 is 19.6. The third-order valence-electron chi connectivity index (χ3n) is 5.16. The largest absolute Gasteiger partial charge is 0.457 e. The number of halogens is 1. The molecule has 0 N–H and O–H groups in total. The molecular formula is C20H18FNO2. The Morgan fingerprint density at radius 3 is 2.79 bits per heavy atom. The predicted molar refractivity (Wildman–Crippen MR) is 90.1 cm³/mol. The van der Waals surface area contributed by atoms with Crippen molar-refractivity contribution in [1.82, 2.24) is 0 Å². The molecule has 122 valence electrons. The summed E-state index contributed by atoms with van der Waals surface area (Å²) in [5.41, 5.74) is 4.24. The molecule has 1 atom stereocenters. The van der Waals surface area contributed by atoms with E-state index in [4.69, 9.17) is 9.73 Å². The Balaban J connectivity index is 1.92. The lowest BCUT2D eigenvalue weighted by Gasteiger charge is -2.35. The molecule has 24 heavy (non-hydrogen) atoms. The number of nitrogens with zero attached hydrogens (tertiary/aromatic N) is 1. The number of carbonyl (C=O) groups excluding carboxylic acids is 1. The van der Waals surface area contributed by atoms with Gasteiger partial charge in [-0.15, -0.1) is 0 Å². The predicted octanol–water partition coefficient (Wildman–Crippen LogP) is 4.23. The highest BCUT2D eigenvalue weighted by atomic mass is 19.1. The molecular weight excluding hydrogens is 305 g/mol. The summed E-state index contributed by atoms with van der Waals surface area (Å²) in [6.07, 6.45) is 0. The molecule has 0 spiro atoms. The topological polar surface area (TPSA) is 38.7 Å². The fourth-order valence-electron chi connectivity index (χ4n) is 3.48. The third kappa shape index (κ3) is 2.09. The Labute approximate surface area is 140 Å². The SMILES string of the molecule is CC1c2c(F)cccc2C(c2ccc3c(c2)COC3=O)=NC1(C)C. The average molecular weight is 323 g/mol. The maximum absolute atomic E-state index is 14.5. The summed E-state index contributed by atoms with van der Waals surface area (Å²) in [5, 5.41) is 0. The highest BCUT2D eigenvalue weighted by molar-refractivity contribution is 6.15. The van der Waals surface area contributed by atoms with E-state index in [9.17, 15) is 9.18 Å². The molecule has 0 saturated carbocycles. The first kappa shape index (κ1) is 15.1. The number of hydrogen-bond acceptors (Lipinski definition) is 3. The molecule has 0 bridgehead atoms. The first-order valence-corrected chi connectivity index (χ1v) is 8.07. The lowest BCUT2D eigenvalue weighted by molar-refractivity contribution is 0.0535. The Morgan fingerprint density at radius 1 is 1.21 bits per heavy atom. The van der Waals surface area contributed by atoms with Gasteiger partial charge in [0, 0.05) is 28.2 Å². The van der Waals surface area contributed by atoms with Crippen LogP contribution in [0.25, 0.3) is 0 Å². The molecule has 2 heterocycles. The average Bonchev–Trinajstić information content (AvgIpc) is 2.92. The van der Waals surface area contributed by atoms with Crippen molar-refractivity contribution in [3.05, 3.63) is 70.0 Å². The molecule has 0 fully saturated rings. The second-order valence-electron chi connectivity index (χ2n) is 6.98. The van der Waals surface area contributed by atoms with Gasteiger partial charge in [0.05, 0.1) is 16.8 Å². The van der Waals surface area contributed by atoms with Crippen LogP contribution in [0.15, 0.2) is 41.4 Å². The maximum atomic E-state index is 14.5. The van der Waals surface area contributed by atoms with Crippen LogP contribution in [0.4, 0.5) is 4.39 Å². The van der Waals surface area contributed by atoms with Crippen molar-refractivity contribution in [3.8, 4) is 0 Å². The van der Waals surface area contributed by atoms with Gasteiger partial charge in [0.15, 0.2) is 0 Å². The monoisotopic (exact) mass is 323 g/mol. The number of benzene rings is 2. The Kier molecular flexibility index (Phi) is 3.14. The fourth-order valence-corrected chi connectivity index (χ4v) is 3.48. The molecule has 0 radical (unpaired) electrons. The second-order valence-corrected chi connectivity index (χ2v) is 6.98. The van der Waals surface area contributed by atoms with Gasteiger partial charge >= 0.3 is 5.97 Å². The Bertz CT molecular complexity index is 899. The number of carbonyl (C=O) groups is 1. The van der Waals surface area contributed by atoms with Gasteiger partial charge in [-0.1, -0.05) is 25.1 Å². The quantitative estimate of drug-likeness (QED) is 0.737. The van der Waals surface area contributed by atoms with Gasteiger partial charge in [0.25, 0.3) is 0 Å². The lowest BCUT2D eigenvalue weighted by Crippen LogP contribution is -2.33. The molecule has 2 aromatic rings. The zero-order valence-corrected chi connectivity index (χ0v) is 13.9. The third-order valence-corrected chi connectivity index (χ3v) is 5.16. The van der Waals surface area contributed by atoms with Crippen LogP contribution in [-0.4, -0.2) is 17.2 Å². The molecule has 2 aliphatic rings. The molecule has 0 saturated heterocycles. The van der Waals surface area contributed by atoms with Crippen LogP contribution < -0.4 is 0 Å². The molecule has 0 aliphatic carbocycles. The summed E-state index contributed by atoms with van der Waals surface area (Å²) in [6.45, 7) is 6.34. The van der Waals surface area contributed by atoms with Gasteiger partial charge in [0.2, 0.25) is 0 Å². The van der Waals surface area contributed by atoms with Crippen LogP contribution in [0.5, 0.6) is 0 Å². The molecule has 0 aromatic heterocycles. The van der Waals surface area contributed by atoms with Crippen LogP contribution in [0.1, 0.15) is 59.3 Å². The van der Waals surface area contributed by atoms with Crippen LogP contribution in [0, 0.1) is 5.82 Å². The van der Waals surface area contributed by atoms with E-state index >= 15 is 0 Å². The number of fused-ring (bicyclic) bond motifs is 2. The summed E-state index contributed by atoms with van der Waals surface area (Å²) in [6, 6.07) is 10.7. The Morgan fingerprint density at radius 2 is 2.00 bits per heavy atom. The van der Waals surface area contributed by atoms with Gasteiger partial charge in [-0.05, 0) is 32.0 Å². The van der Waals surface area contributed by atoms with Crippen molar-refractivity contribution in [2.75, 3.05) is 0 Å². The second kappa shape index (κ2) is 5.00.